The van der Waals surface area contributed by atoms with Crippen LogP contribution in [-0.4, -0.2) is 34.6 Å². The second-order valence-corrected chi connectivity index (χ2v) is 9.11. The minimum atomic E-state index is -0.655. The molecule has 3 aromatic rings. The van der Waals surface area contributed by atoms with Crippen molar-refractivity contribution in [3.8, 4) is 0 Å². The van der Waals surface area contributed by atoms with E-state index in [0.29, 0.717) is 22.6 Å². The van der Waals surface area contributed by atoms with Gasteiger partial charge in [-0.3, -0.25) is 9.78 Å². The van der Waals surface area contributed by atoms with Crippen LogP contribution in [0.5, 0.6) is 0 Å². The van der Waals surface area contributed by atoms with Crippen LogP contribution in [0.3, 0.4) is 0 Å². The summed E-state index contributed by atoms with van der Waals surface area (Å²) in [5, 5.41) is 2.73. The molecule has 0 bridgehead atoms. The molecule has 2 aliphatic heterocycles. The summed E-state index contributed by atoms with van der Waals surface area (Å²) in [6.45, 7) is 7.69. The minimum absolute atomic E-state index is 0.297. The Morgan fingerprint density at radius 3 is 2.69 bits per heavy atom. The van der Waals surface area contributed by atoms with Crippen LogP contribution in [0, 0.1) is 5.82 Å². The quantitative estimate of drug-likeness (QED) is 0.499. The van der Waals surface area contributed by atoms with Crippen LogP contribution in [-0.2, 0) is 16.0 Å². The molecule has 0 aliphatic carbocycles. The summed E-state index contributed by atoms with van der Waals surface area (Å²) < 4.78 is 19.9. The molecular weight excluding hydrogens is 443 g/mol. The Bertz CT molecular complexity index is 1330. The Kier molecular flexibility index (Phi) is 5.84. The van der Waals surface area contributed by atoms with Gasteiger partial charge in [0.25, 0.3) is 5.91 Å². The molecule has 2 aromatic heterocycles. The highest BCUT2D eigenvalue weighted by molar-refractivity contribution is 6.32. The number of carbonyl (C=O) groups is 1. The Hall–Kier alpha value is -4.00. The maximum atomic E-state index is 13.6. The van der Waals surface area contributed by atoms with Gasteiger partial charge in [-0.15, -0.1) is 0 Å². The number of halogens is 1. The number of fused-ring (bicyclic) bond motifs is 1. The van der Waals surface area contributed by atoms with Crippen LogP contribution >= 0.6 is 0 Å². The van der Waals surface area contributed by atoms with Crippen LogP contribution in [0.4, 0.5) is 15.9 Å². The Balaban J connectivity index is 1.41. The minimum Gasteiger partial charge on any atom is -0.482 e. The number of hydrogen-bond acceptors (Lipinski definition) is 5. The summed E-state index contributed by atoms with van der Waals surface area (Å²) in [4.78, 5) is 24.0. The number of nitrogens with one attached hydrogen (secondary N) is 1. The molecule has 1 amide bonds. The number of amides is 1. The molecule has 5 rings (SSSR count). The lowest BCUT2D eigenvalue weighted by Crippen LogP contribution is -2.26. The van der Waals surface area contributed by atoms with Crippen molar-refractivity contribution in [2.24, 2.45) is 0 Å². The predicted molar refractivity (Wildman–Crippen MR) is 135 cm³/mol. The number of nitrogens with zero attached hydrogens (tertiary/aromatic N) is 3. The smallest absolute Gasteiger partial charge is 0.260 e. The third-order valence-corrected chi connectivity index (χ3v) is 6.39. The van der Waals surface area contributed by atoms with Crippen LogP contribution in [0.25, 0.3) is 11.1 Å². The first-order valence-corrected chi connectivity index (χ1v) is 11.7. The number of aromatic nitrogens is 2. The molecule has 0 saturated heterocycles. The van der Waals surface area contributed by atoms with Crippen LogP contribution in [0.15, 0.2) is 72.8 Å². The molecule has 2 aliphatic rings. The molecule has 6 nitrogen and oxygen atoms in total. The molecule has 0 saturated carbocycles. The maximum Gasteiger partial charge on any atom is 0.260 e. The van der Waals surface area contributed by atoms with E-state index >= 15 is 0 Å². The number of carbonyl (C=O) groups excluding carboxylic acids is 1. The lowest BCUT2D eigenvalue weighted by molar-refractivity contribution is -0.111. The summed E-state index contributed by atoms with van der Waals surface area (Å²) in [7, 11) is 0. The maximum absolute atomic E-state index is 13.6. The topological polar surface area (TPSA) is 67.4 Å². The fraction of sp³-hybridized carbons (Fsp3) is 0.250. The van der Waals surface area contributed by atoms with Crippen molar-refractivity contribution in [3.63, 3.8) is 0 Å². The summed E-state index contributed by atoms with van der Waals surface area (Å²) in [6, 6.07) is 14.3. The number of pyridine rings is 2. The van der Waals surface area contributed by atoms with E-state index in [9.17, 15) is 9.18 Å². The number of rotatable bonds is 6. The molecular formula is C28H27FN4O2. The zero-order valence-electron chi connectivity index (χ0n) is 20.0. The van der Waals surface area contributed by atoms with Crippen molar-refractivity contribution in [1.82, 2.24) is 9.97 Å². The fourth-order valence-corrected chi connectivity index (χ4v) is 4.57. The van der Waals surface area contributed by atoms with Gasteiger partial charge >= 0.3 is 0 Å². The van der Waals surface area contributed by atoms with Crippen LogP contribution in [0.1, 0.15) is 37.6 Å². The molecule has 0 unspecified atom stereocenters. The van der Waals surface area contributed by atoms with E-state index in [1.807, 2.05) is 62.6 Å². The molecule has 0 atom stereocenters. The highest BCUT2D eigenvalue weighted by Gasteiger charge is 2.38. The zero-order chi connectivity index (χ0) is 24.6. The van der Waals surface area contributed by atoms with E-state index in [1.165, 1.54) is 12.1 Å². The van der Waals surface area contributed by atoms with Gasteiger partial charge in [0, 0.05) is 54.3 Å². The average molecular weight is 471 g/mol. The molecule has 0 fully saturated rings. The van der Waals surface area contributed by atoms with Gasteiger partial charge < -0.3 is 15.0 Å². The highest BCUT2D eigenvalue weighted by atomic mass is 19.1. The van der Waals surface area contributed by atoms with Gasteiger partial charge in [-0.2, -0.15) is 0 Å². The van der Waals surface area contributed by atoms with Gasteiger partial charge in [-0.1, -0.05) is 6.07 Å². The first-order chi connectivity index (χ1) is 16.9. The highest BCUT2D eigenvalue weighted by Crippen LogP contribution is 2.44. The summed E-state index contributed by atoms with van der Waals surface area (Å²) >= 11 is 0. The van der Waals surface area contributed by atoms with Crippen molar-refractivity contribution < 1.29 is 13.9 Å². The number of allylic oxidation sites excluding steroid dienone is 1. The number of ether oxygens (including phenoxy) is 1. The fourth-order valence-electron chi connectivity index (χ4n) is 4.57. The molecule has 1 N–H and O–H groups in total. The van der Waals surface area contributed by atoms with Gasteiger partial charge in [0.15, 0.2) is 0 Å². The zero-order valence-corrected chi connectivity index (χ0v) is 20.0. The van der Waals surface area contributed by atoms with Gasteiger partial charge in [-0.25, -0.2) is 9.37 Å². The second-order valence-electron chi connectivity index (χ2n) is 9.11. The normalized spacial score (nSPS) is 18.1. The Labute approximate surface area is 204 Å². The van der Waals surface area contributed by atoms with Gasteiger partial charge in [0.2, 0.25) is 0 Å². The van der Waals surface area contributed by atoms with Crippen molar-refractivity contribution in [2.45, 2.75) is 32.8 Å². The van der Waals surface area contributed by atoms with Crippen molar-refractivity contribution in [2.75, 3.05) is 23.3 Å². The molecule has 0 radical (unpaired) electrons. The van der Waals surface area contributed by atoms with E-state index in [4.69, 9.17) is 9.72 Å². The first kappa shape index (κ1) is 22.8. The number of likely N-dealkylation sites (N-methyl/N-ethyl adjacent to an activating group) is 1. The van der Waals surface area contributed by atoms with E-state index < -0.39 is 11.4 Å². The van der Waals surface area contributed by atoms with Gasteiger partial charge in [0.05, 0.1) is 11.3 Å². The summed E-state index contributed by atoms with van der Waals surface area (Å²) in [6.07, 6.45) is 6.39. The van der Waals surface area contributed by atoms with Crippen molar-refractivity contribution in [1.29, 1.82) is 0 Å². The molecule has 7 heteroatoms. The molecule has 0 spiro atoms. The predicted octanol–water partition coefficient (Wildman–Crippen LogP) is 5.24. The van der Waals surface area contributed by atoms with E-state index in [2.05, 4.69) is 22.1 Å². The lowest BCUT2D eigenvalue weighted by atomic mass is 9.93. The Morgan fingerprint density at radius 2 is 1.97 bits per heavy atom. The van der Waals surface area contributed by atoms with Gasteiger partial charge in [-0.05, 0) is 69.3 Å². The summed E-state index contributed by atoms with van der Waals surface area (Å²) in [5.74, 6) is 0.678. The molecule has 1 aromatic carbocycles. The van der Waals surface area contributed by atoms with Gasteiger partial charge in [0.1, 0.15) is 23.0 Å². The number of benzene rings is 1. The van der Waals surface area contributed by atoms with E-state index in [-0.39, 0.29) is 5.91 Å². The average Bonchev–Trinajstić information content (AvgIpc) is 3.34. The van der Waals surface area contributed by atoms with E-state index in [1.54, 1.807) is 6.07 Å². The Morgan fingerprint density at radius 1 is 1.11 bits per heavy atom. The number of hydrogen-bond donors (Lipinski definition) is 1. The molecule has 4 heterocycles. The molecule has 35 heavy (non-hydrogen) atoms. The number of anilines is 2. The monoisotopic (exact) mass is 470 g/mol. The van der Waals surface area contributed by atoms with E-state index in [0.717, 1.165) is 42.2 Å². The third-order valence-electron chi connectivity index (χ3n) is 6.39. The molecule has 178 valence electrons. The lowest BCUT2D eigenvalue weighted by Gasteiger charge is -2.25. The summed E-state index contributed by atoms with van der Waals surface area (Å²) in [5.41, 5.74) is 3.76. The second kappa shape index (κ2) is 8.98. The SMILES string of the molecule is CCN(CCc1ccccn1)c1ccc(C2=C/C(=C3\C(=O)Nc4cc(F)ccc43)OC2(C)C)cn1. The standard InChI is InChI=1S/C28H27FN4O2/c1-4-33(14-12-20-7-5-6-13-30-20)25-11-8-18(17-31-25)22-16-24(35-28(22,2)3)26-21-10-9-19(29)15-23(21)32-27(26)34/h5-11,13,15-17H,4,12,14H2,1-3H3,(H,32,34)/b26-24+. The van der Waals surface area contributed by atoms with Crippen molar-refractivity contribution >= 4 is 28.6 Å². The van der Waals surface area contributed by atoms with Crippen molar-refractivity contribution in [3.05, 3.63) is 95.4 Å². The third kappa shape index (κ3) is 4.41. The first-order valence-electron chi connectivity index (χ1n) is 11.7. The largest absolute Gasteiger partial charge is 0.482 e. The van der Waals surface area contributed by atoms with Crippen LogP contribution in [0.2, 0.25) is 0 Å². The van der Waals surface area contributed by atoms with Crippen LogP contribution < -0.4 is 10.2 Å².